The lowest BCUT2D eigenvalue weighted by atomic mass is 9.99. The van der Waals surface area contributed by atoms with Crippen molar-refractivity contribution in [2.45, 2.75) is 6.04 Å². The Morgan fingerprint density at radius 1 is 1.09 bits per heavy atom. The molecule has 0 saturated heterocycles. The molecule has 1 aliphatic rings. The number of fused-ring (bicyclic) bond motifs is 1. The largest absolute Gasteiger partial charge is 0.497 e. The number of rotatable bonds is 5. The van der Waals surface area contributed by atoms with E-state index in [9.17, 15) is 9.18 Å². The van der Waals surface area contributed by atoms with Gasteiger partial charge < -0.3 is 15.0 Å². The normalized spacial score (nSPS) is 15.0. The summed E-state index contributed by atoms with van der Waals surface area (Å²) in [5.41, 5.74) is 3.36. The molecule has 7 heteroatoms. The Morgan fingerprint density at radius 3 is 2.53 bits per heavy atom. The molecule has 1 heterocycles. The van der Waals surface area contributed by atoms with Crippen LogP contribution < -0.4 is 15.0 Å². The highest BCUT2D eigenvalue weighted by atomic mass is 35.5. The van der Waals surface area contributed by atoms with Gasteiger partial charge in [0, 0.05) is 42.0 Å². The van der Waals surface area contributed by atoms with Crippen LogP contribution in [0.2, 0.25) is 0 Å². The summed E-state index contributed by atoms with van der Waals surface area (Å²) in [5, 5.41) is 3.00. The molecule has 0 aromatic heterocycles. The molecule has 1 atom stereocenters. The van der Waals surface area contributed by atoms with Gasteiger partial charge in [0.05, 0.1) is 25.4 Å². The van der Waals surface area contributed by atoms with E-state index in [-0.39, 0.29) is 30.2 Å². The lowest BCUT2D eigenvalue weighted by Gasteiger charge is -2.29. The quantitative estimate of drug-likeness (QED) is 0.625. The number of methoxy groups -OCH3 is 1. The van der Waals surface area contributed by atoms with E-state index in [0.29, 0.717) is 35.7 Å². The number of nitrogens with one attached hydrogen (secondary N) is 1. The van der Waals surface area contributed by atoms with Crippen LogP contribution in [0.4, 0.5) is 10.1 Å². The van der Waals surface area contributed by atoms with E-state index < -0.39 is 0 Å². The van der Waals surface area contributed by atoms with E-state index in [1.165, 1.54) is 6.07 Å². The van der Waals surface area contributed by atoms with Crippen molar-refractivity contribution >= 4 is 29.7 Å². The smallest absolute Gasteiger partial charge is 0.251 e. The van der Waals surface area contributed by atoms with Gasteiger partial charge >= 0.3 is 0 Å². The molecule has 32 heavy (non-hydrogen) atoms. The number of anilines is 1. The van der Waals surface area contributed by atoms with Gasteiger partial charge in [-0.2, -0.15) is 0 Å². The molecule has 5 nitrogen and oxygen atoms in total. The molecule has 1 aliphatic heterocycles. The van der Waals surface area contributed by atoms with Crippen molar-refractivity contribution in [3.05, 3.63) is 95.3 Å². The molecule has 0 fully saturated rings. The van der Waals surface area contributed by atoms with Crippen molar-refractivity contribution < 1.29 is 13.9 Å². The molecule has 0 radical (unpaired) electrons. The molecule has 0 saturated carbocycles. The second-order valence-corrected chi connectivity index (χ2v) is 7.39. The van der Waals surface area contributed by atoms with Crippen molar-refractivity contribution in [1.29, 1.82) is 0 Å². The van der Waals surface area contributed by atoms with E-state index in [1.54, 1.807) is 37.4 Å². The standard InChI is InChI=1S/C25H24FN3O2.ClH/c1-29-18(16-28-25(30)17-8-4-3-5-9-17)15-27-24(20-10-6-7-11-22(20)26)21-13-12-19(31-2)14-23(21)29;/h3-14,18H,15-16H2,1-2H3,(H,28,30);1H. The van der Waals surface area contributed by atoms with Crippen molar-refractivity contribution in [3.8, 4) is 5.75 Å². The number of hydrogen-bond donors (Lipinski definition) is 1. The summed E-state index contributed by atoms with van der Waals surface area (Å²) >= 11 is 0. The number of nitrogens with zero attached hydrogens (tertiary/aromatic N) is 2. The van der Waals surface area contributed by atoms with Crippen molar-refractivity contribution in [2.24, 2.45) is 4.99 Å². The molecule has 1 unspecified atom stereocenters. The maximum Gasteiger partial charge on any atom is 0.251 e. The van der Waals surface area contributed by atoms with Crippen molar-refractivity contribution in [1.82, 2.24) is 5.32 Å². The number of amides is 1. The highest BCUT2D eigenvalue weighted by Crippen LogP contribution is 2.31. The number of halogens is 2. The average molecular weight is 454 g/mol. The van der Waals surface area contributed by atoms with Gasteiger partial charge in [0.15, 0.2) is 0 Å². The Morgan fingerprint density at radius 2 is 1.81 bits per heavy atom. The Labute approximate surface area is 193 Å². The van der Waals surface area contributed by atoms with E-state index >= 15 is 0 Å². The number of benzene rings is 3. The SMILES string of the molecule is COc1ccc2c(c1)N(C)C(CNC(=O)c1ccccc1)CN=C2c1ccccc1F.Cl. The molecular formula is C25H25ClFN3O2. The number of benzodiazepines with no additional fused rings is 1. The Kier molecular flexibility index (Phi) is 7.49. The first kappa shape index (κ1) is 23.3. The molecule has 0 bridgehead atoms. The number of ether oxygens (including phenoxy) is 1. The number of carbonyl (C=O) groups is 1. The lowest BCUT2D eigenvalue weighted by molar-refractivity contribution is 0.0951. The number of likely N-dealkylation sites (N-methyl/N-ethyl adjacent to an activating group) is 1. The summed E-state index contributed by atoms with van der Waals surface area (Å²) in [6.07, 6.45) is 0. The minimum absolute atomic E-state index is 0. The second-order valence-electron chi connectivity index (χ2n) is 7.39. The number of hydrogen-bond acceptors (Lipinski definition) is 4. The topological polar surface area (TPSA) is 53.9 Å². The van der Waals surface area contributed by atoms with E-state index in [4.69, 9.17) is 9.73 Å². The third-order valence-electron chi connectivity index (χ3n) is 5.51. The third-order valence-corrected chi connectivity index (χ3v) is 5.51. The van der Waals surface area contributed by atoms with Gasteiger partial charge in [-0.25, -0.2) is 4.39 Å². The molecule has 0 aliphatic carbocycles. The summed E-state index contributed by atoms with van der Waals surface area (Å²) in [6, 6.07) is 21.3. The van der Waals surface area contributed by atoms with Gasteiger partial charge in [0.1, 0.15) is 11.6 Å². The fourth-order valence-electron chi connectivity index (χ4n) is 3.72. The van der Waals surface area contributed by atoms with Crippen molar-refractivity contribution in [3.63, 3.8) is 0 Å². The minimum Gasteiger partial charge on any atom is -0.497 e. The zero-order chi connectivity index (χ0) is 21.8. The first-order valence-corrected chi connectivity index (χ1v) is 10.1. The Bertz CT molecular complexity index is 1120. The van der Waals surface area contributed by atoms with Gasteiger partial charge in [0.25, 0.3) is 5.91 Å². The molecule has 0 spiro atoms. The summed E-state index contributed by atoms with van der Waals surface area (Å²) in [4.78, 5) is 19.4. The highest BCUT2D eigenvalue weighted by Gasteiger charge is 2.26. The fraction of sp³-hybridized carbons (Fsp3) is 0.200. The molecule has 4 rings (SSSR count). The monoisotopic (exact) mass is 453 g/mol. The zero-order valence-electron chi connectivity index (χ0n) is 17.9. The second kappa shape index (κ2) is 10.3. The van der Waals surface area contributed by atoms with E-state index in [0.717, 1.165) is 11.3 Å². The van der Waals surface area contributed by atoms with Crippen LogP contribution in [0, 0.1) is 5.82 Å². The summed E-state index contributed by atoms with van der Waals surface area (Å²) in [7, 11) is 3.57. The lowest BCUT2D eigenvalue weighted by Crippen LogP contribution is -2.43. The predicted octanol–water partition coefficient (Wildman–Crippen LogP) is 4.34. The molecule has 1 amide bonds. The third kappa shape index (κ3) is 4.75. The molecule has 1 N–H and O–H groups in total. The number of aliphatic imine (C=N–C) groups is 1. The first-order chi connectivity index (χ1) is 15.1. The molecule has 3 aromatic rings. The summed E-state index contributed by atoms with van der Waals surface area (Å²) in [5.74, 6) is 0.247. The Hall–Kier alpha value is -3.38. The number of carbonyl (C=O) groups excluding carboxylic acids is 1. The van der Waals surface area contributed by atoms with Crippen LogP contribution >= 0.6 is 12.4 Å². The van der Waals surface area contributed by atoms with Crippen LogP contribution in [0.5, 0.6) is 5.75 Å². The van der Waals surface area contributed by atoms with Crippen LogP contribution in [-0.2, 0) is 0 Å². The maximum absolute atomic E-state index is 14.6. The van der Waals surface area contributed by atoms with Crippen LogP contribution in [0.25, 0.3) is 0 Å². The first-order valence-electron chi connectivity index (χ1n) is 10.1. The highest BCUT2D eigenvalue weighted by molar-refractivity contribution is 6.16. The van der Waals surface area contributed by atoms with E-state index in [2.05, 4.69) is 10.2 Å². The molecule has 3 aromatic carbocycles. The van der Waals surface area contributed by atoms with Crippen LogP contribution in [0.15, 0.2) is 77.8 Å². The van der Waals surface area contributed by atoms with Gasteiger partial charge in [-0.3, -0.25) is 9.79 Å². The van der Waals surface area contributed by atoms with Crippen LogP contribution in [-0.4, -0.2) is 44.9 Å². The fourth-order valence-corrected chi connectivity index (χ4v) is 3.72. The minimum atomic E-state index is -0.318. The van der Waals surface area contributed by atoms with Gasteiger partial charge in [-0.1, -0.05) is 30.3 Å². The predicted molar refractivity (Wildman–Crippen MR) is 128 cm³/mol. The van der Waals surface area contributed by atoms with Gasteiger partial charge in [-0.15, -0.1) is 12.4 Å². The van der Waals surface area contributed by atoms with Crippen molar-refractivity contribution in [2.75, 3.05) is 32.1 Å². The van der Waals surface area contributed by atoms with Gasteiger partial charge in [-0.05, 0) is 36.4 Å². The Balaban J connectivity index is 0.00000289. The van der Waals surface area contributed by atoms with Crippen LogP contribution in [0.3, 0.4) is 0 Å². The average Bonchev–Trinajstić information content (AvgIpc) is 2.94. The zero-order valence-corrected chi connectivity index (χ0v) is 18.7. The van der Waals surface area contributed by atoms with Crippen LogP contribution in [0.1, 0.15) is 21.5 Å². The summed E-state index contributed by atoms with van der Waals surface area (Å²) in [6.45, 7) is 0.807. The van der Waals surface area contributed by atoms with Gasteiger partial charge in [0.2, 0.25) is 0 Å². The molecular weight excluding hydrogens is 429 g/mol. The molecule has 166 valence electrons. The van der Waals surface area contributed by atoms with E-state index in [1.807, 2.05) is 43.4 Å². The summed E-state index contributed by atoms with van der Waals surface area (Å²) < 4.78 is 20.0. The maximum atomic E-state index is 14.6.